The summed E-state index contributed by atoms with van der Waals surface area (Å²) in [5.74, 6) is 0.902. The van der Waals surface area contributed by atoms with Gasteiger partial charge in [-0.15, -0.1) is 0 Å². The van der Waals surface area contributed by atoms with Crippen LogP contribution >= 0.6 is 0 Å². The predicted octanol–water partition coefficient (Wildman–Crippen LogP) is 2.63. The minimum absolute atomic E-state index is 0.591. The van der Waals surface area contributed by atoms with Crippen molar-refractivity contribution < 1.29 is 0 Å². The molecule has 2 heteroatoms. The maximum atomic E-state index is 5.81. The van der Waals surface area contributed by atoms with Crippen LogP contribution in [0.5, 0.6) is 0 Å². The highest BCUT2D eigenvalue weighted by molar-refractivity contribution is 5.46. The molecule has 1 atom stereocenters. The van der Waals surface area contributed by atoms with Gasteiger partial charge in [-0.2, -0.15) is 0 Å². The molecule has 1 heterocycles. The Morgan fingerprint density at radius 2 is 2.00 bits per heavy atom. The molecular formula is C14H20N2. The van der Waals surface area contributed by atoms with Crippen LogP contribution in [0.25, 0.3) is 0 Å². The molecule has 1 fully saturated rings. The van der Waals surface area contributed by atoms with Crippen molar-refractivity contribution >= 4 is 5.69 Å². The summed E-state index contributed by atoms with van der Waals surface area (Å²) in [5.41, 5.74) is 10.2. The fourth-order valence-corrected chi connectivity index (χ4v) is 2.81. The van der Waals surface area contributed by atoms with Crippen LogP contribution in [0.2, 0.25) is 0 Å². The normalized spacial score (nSPS) is 26.8. The quantitative estimate of drug-likeness (QED) is 0.770. The number of nitrogens with zero attached hydrogens (tertiary/aromatic N) is 1. The lowest BCUT2D eigenvalue weighted by Gasteiger charge is -2.15. The van der Waals surface area contributed by atoms with Crippen molar-refractivity contribution in [2.75, 3.05) is 12.3 Å². The standard InChI is InChI=1S/C14H20N2/c1-14(2)6-12(14)9-16-7-10-3-4-13(15)5-11(10)8-16/h3-5,12H,6-9,15H2,1-2H3. The van der Waals surface area contributed by atoms with Gasteiger partial charge in [-0.25, -0.2) is 0 Å². The summed E-state index contributed by atoms with van der Waals surface area (Å²) in [6, 6.07) is 6.33. The maximum absolute atomic E-state index is 5.81. The van der Waals surface area contributed by atoms with E-state index in [9.17, 15) is 0 Å². The molecule has 0 bridgehead atoms. The van der Waals surface area contributed by atoms with Crippen LogP contribution < -0.4 is 5.73 Å². The fourth-order valence-electron chi connectivity index (χ4n) is 2.81. The third kappa shape index (κ3) is 1.71. The lowest BCUT2D eigenvalue weighted by molar-refractivity contribution is 0.258. The lowest BCUT2D eigenvalue weighted by Crippen LogP contribution is -2.20. The topological polar surface area (TPSA) is 29.3 Å². The minimum Gasteiger partial charge on any atom is -0.399 e. The molecule has 0 radical (unpaired) electrons. The number of nitrogen functional groups attached to an aromatic ring is 1. The molecule has 1 aromatic carbocycles. The lowest BCUT2D eigenvalue weighted by atomic mass is 10.1. The predicted molar refractivity (Wildman–Crippen MR) is 66.9 cm³/mol. The van der Waals surface area contributed by atoms with Gasteiger partial charge in [-0.3, -0.25) is 4.90 Å². The molecule has 0 spiro atoms. The van der Waals surface area contributed by atoms with Crippen LogP contribution in [-0.2, 0) is 13.1 Å². The number of hydrogen-bond donors (Lipinski definition) is 1. The van der Waals surface area contributed by atoms with Crippen LogP contribution in [0, 0.1) is 11.3 Å². The van der Waals surface area contributed by atoms with Crippen molar-refractivity contribution in [1.82, 2.24) is 4.90 Å². The highest BCUT2D eigenvalue weighted by atomic mass is 15.1. The van der Waals surface area contributed by atoms with E-state index in [-0.39, 0.29) is 0 Å². The van der Waals surface area contributed by atoms with Crippen LogP contribution in [0.1, 0.15) is 31.4 Å². The molecule has 1 unspecified atom stereocenters. The van der Waals surface area contributed by atoms with Gasteiger partial charge in [-0.1, -0.05) is 19.9 Å². The number of benzene rings is 1. The smallest absolute Gasteiger partial charge is 0.0317 e. The maximum Gasteiger partial charge on any atom is 0.0317 e. The van der Waals surface area contributed by atoms with Crippen LogP contribution in [-0.4, -0.2) is 11.4 Å². The third-order valence-electron chi connectivity index (χ3n) is 4.21. The van der Waals surface area contributed by atoms with Crippen LogP contribution in [0.4, 0.5) is 5.69 Å². The Hall–Kier alpha value is -1.02. The average molecular weight is 216 g/mol. The number of anilines is 1. The van der Waals surface area contributed by atoms with E-state index in [1.807, 2.05) is 6.07 Å². The Bertz CT molecular complexity index is 423. The Labute approximate surface area is 97.4 Å². The summed E-state index contributed by atoms with van der Waals surface area (Å²) >= 11 is 0. The zero-order valence-corrected chi connectivity index (χ0v) is 10.2. The van der Waals surface area contributed by atoms with E-state index in [0.29, 0.717) is 5.41 Å². The number of fused-ring (bicyclic) bond motifs is 1. The molecule has 1 aromatic rings. The molecule has 0 saturated heterocycles. The Kier molecular flexibility index (Phi) is 2.05. The van der Waals surface area contributed by atoms with Crippen molar-refractivity contribution in [3.8, 4) is 0 Å². The summed E-state index contributed by atoms with van der Waals surface area (Å²) in [7, 11) is 0. The summed E-state index contributed by atoms with van der Waals surface area (Å²) in [6.45, 7) is 8.20. The first kappa shape index (κ1) is 10.2. The third-order valence-corrected chi connectivity index (χ3v) is 4.21. The molecule has 1 aliphatic carbocycles. The molecule has 0 aromatic heterocycles. The van der Waals surface area contributed by atoms with Gasteiger partial charge in [0.2, 0.25) is 0 Å². The Morgan fingerprint density at radius 3 is 2.69 bits per heavy atom. The molecule has 2 aliphatic rings. The largest absolute Gasteiger partial charge is 0.399 e. The van der Waals surface area contributed by atoms with Crippen molar-refractivity contribution in [2.45, 2.75) is 33.4 Å². The Morgan fingerprint density at radius 1 is 1.31 bits per heavy atom. The van der Waals surface area contributed by atoms with Crippen LogP contribution in [0.3, 0.4) is 0 Å². The van der Waals surface area contributed by atoms with Crippen LogP contribution in [0.15, 0.2) is 18.2 Å². The molecule has 2 nitrogen and oxygen atoms in total. The molecular weight excluding hydrogens is 196 g/mol. The number of hydrogen-bond acceptors (Lipinski definition) is 2. The van der Waals surface area contributed by atoms with Gasteiger partial charge in [0.25, 0.3) is 0 Å². The van der Waals surface area contributed by atoms with E-state index in [1.165, 1.54) is 24.1 Å². The Balaban J connectivity index is 1.67. The van der Waals surface area contributed by atoms with Gasteiger partial charge in [0.05, 0.1) is 0 Å². The summed E-state index contributed by atoms with van der Waals surface area (Å²) < 4.78 is 0. The second kappa shape index (κ2) is 3.24. The van der Waals surface area contributed by atoms with Crippen molar-refractivity contribution in [1.29, 1.82) is 0 Å². The monoisotopic (exact) mass is 216 g/mol. The first-order valence-corrected chi connectivity index (χ1v) is 6.14. The highest BCUT2D eigenvalue weighted by Crippen LogP contribution is 2.52. The molecule has 0 amide bonds. The van der Waals surface area contributed by atoms with Gasteiger partial charge in [-0.05, 0) is 41.0 Å². The summed E-state index contributed by atoms with van der Waals surface area (Å²) in [6.07, 6.45) is 1.39. The van der Waals surface area contributed by atoms with E-state index in [2.05, 4.69) is 30.9 Å². The van der Waals surface area contributed by atoms with Gasteiger partial charge in [0, 0.05) is 25.3 Å². The van der Waals surface area contributed by atoms with Gasteiger partial charge >= 0.3 is 0 Å². The fraction of sp³-hybridized carbons (Fsp3) is 0.571. The number of rotatable bonds is 2. The van der Waals surface area contributed by atoms with Gasteiger partial charge < -0.3 is 5.73 Å². The van der Waals surface area contributed by atoms with E-state index in [1.54, 1.807) is 0 Å². The van der Waals surface area contributed by atoms with E-state index < -0.39 is 0 Å². The molecule has 16 heavy (non-hydrogen) atoms. The van der Waals surface area contributed by atoms with Crippen molar-refractivity contribution in [3.63, 3.8) is 0 Å². The van der Waals surface area contributed by atoms with Crippen molar-refractivity contribution in [2.24, 2.45) is 11.3 Å². The highest BCUT2D eigenvalue weighted by Gasteiger charge is 2.46. The summed E-state index contributed by atoms with van der Waals surface area (Å²) in [5, 5.41) is 0. The average Bonchev–Trinajstić information content (AvgIpc) is 2.64. The second-order valence-electron chi connectivity index (χ2n) is 6.09. The van der Waals surface area contributed by atoms with Gasteiger partial charge in [0.15, 0.2) is 0 Å². The first-order chi connectivity index (χ1) is 7.54. The SMILES string of the molecule is CC1(C)CC1CN1Cc2ccc(N)cc2C1. The zero-order chi connectivity index (χ0) is 11.3. The van der Waals surface area contributed by atoms with E-state index in [4.69, 9.17) is 5.73 Å². The molecule has 2 N–H and O–H groups in total. The van der Waals surface area contributed by atoms with E-state index in [0.717, 1.165) is 24.7 Å². The molecule has 1 saturated carbocycles. The zero-order valence-electron chi connectivity index (χ0n) is 10.2. The minimum atomic E-state index is 0.591. The van der Waals surface area contributed by atoms with Crippen molar-refractivity contribution in [3.05, 3.63) is 29.3 Å². The molecule has 86 valence electrons. The summed E-state index contributed by atoms with van der Waals surface area (Å²) in [4.78, 5) is 2.56. The van der Waals surface area contributed by atoms with Gasteiger partial charge in [0.1, 0.15) is 0 Å². The number of nitrogens with two attached hydrogens (primary N) is 1. The first-order valence-electron chi connectivity index (χ1n) is 6.14. The molecule has 3 rings (SSSR count). The van der Waals surface area contributed by atoms with E-state index >= 15 is 0 Å². The second-order valence-corrected chi connectivity index (χ2v) is 6.09. The molecule has 1 aliphatic heterocycles.